The standard InChI is InChI=1S/C21H30N4O4S/c1-13-15(11-23-8-7-22-19(23)27)30-18-16(13)17(26)25(12-21(2,3)4)20(28)24(18)10-14-6-5-9-29-14/h14H,5-12H2,1-4H3,(H,22,27). The van der Waals surface area contributed by atoms with Crippen LogP contribution < -0.4 is 16.6 Å². The van der Waals surface area contributed by atoms with E-state index in [1.54, 1.807) is 9.47 Å². The van der Waals surface area contributed by atoms with Crippen LogP contribution in [-0.2, 0) is 24.4 Å². The van der Waals surface area contributed by atoms with Crippen LogP contribution in [0.2, 0.25) is 0 Å². The van der Waals surface area contributed by atoms with E-state index in [0.29, 0.717) is 49.5 Å². The molecule has 4 heterocycles. The van der Waals surface area contributed by atoms with Gasteiger partial charge in [-0.05, 0) is 30.7 Å². The summed E-state index contributed by atoms with van der Waals surface area (Å²) in [5.41, 5.74) is 0.145. The van der Waals surface area contributed by atoms with Gasteiger partial charge in [-0.3, -0.25) is 13.9 Å². The Morgan fingerprint density at radius 3 is 2.57 bits per heavy atom. The Balaban J connectivity index is 1.87. The van der Waals surface area contributed by atoms with Gasteiger partial charge in [-0.25, -0.2) is 9.59 Å². The molecular formula is C21H30N4O4S. The van der Waals surface area contributed by atoms with Crippen LogP contribution in [0, 0.1) is 12.3 Å². The lowest BCUT2D eigenvalue weighted by Gasteiger charge is -2.21. The third-order valence-corrected chi connectivity index (χ3v) is 7.01. The summed E-state index contributed by atoms with van der Waals surface area (Å²) >= 11 is 1.45. The first-order valence-electron chi connectivity index (χ1n) is 10.6. The van der Waals surface area contributed by atoms with Gasteiger partial charge in [0.05, 0.1) is 24.6 Å². The summed E-state index contributed by atoms with van der Waals surface area (Å²) in [6.45, 7) is 11.2. The lowest BCUT2D eigenvalue weighted by Crippen LogP contribution is -2.43. The van der Waals surface area contributed by atoms with Crippen LogP contribution in [0.5, 0.6) is 0 Å². The number of ether oxygens (including phenoxy) is 1. The van der Waals surface area contributed by atoms with Crippen LogP contribution in [-0.4, -0.2) is 45.9 Å². The second-order valence-corrected chi connectivity index (χ2v) is 10.5. The quantitative estimate of drug-likeness (QED) is 0.782. The van der Waals surface area contributed by atoms with E-state index in [0.717, 1.165) is 23.3 Å². The van der Waals surface area contributed by atoms with Crippen molar-refractivity contribution in [3.63, 3.8) is 0 Å². The highest BCUT2D eigenvalue weighted by Crippen LogP contribution is 2.30. The van der Waals surface area contributed by atoms with Gasteiger partial charge in [0.25, 0.3) is 5.56 Å². The summed E-state index contributed by atoms with van der Waals surface area (Å²) in [6, 6.07) is -0.0891. The smallest absolute Gasteiger partial charge is 0.332 e. The fraction of sp³-hybridized carbons (Fsp3) is 0.667. The average Bonchev–Trinajstić information content (AvgIpc) is 3.38. The summed E-state index contributed by atoms with van der Waals surface area (Å²) in [4.78, 5) is 42.2. The van der Waals surface area contributed by atoms with Crippen LogP contribution in [0.4, 0.5) is 4.79 Å². The second kappa shape index (κ2) is 7.85. The van der Waals surface area contributed by atoms with Gasteiger partial charge in [0.1, 0.15) is 4.83 Å². The first-order valence-corrected chi connectivity index (χ1v) is 11.4. The van der Waals surface area contributed by atoms with E-state index in [2.05, 4.69) is 5.32 Å². The molecule has 0 saturated carbocycles. The number of aryl methyl sites for hydroxylation is 1. The Hall–Kier alpha value is -2.13. The lowest BCUT2D eigenvalue weighted by atomic mass is 9.97. The van der Waals surface area contributed by atoms with Crippen molar-refractivity contribution >= 4 is 27.6 Å². The third kappa shape index (κ3) is 3.92. The van der Waals surface area contributed by atoms with Gasteiger partial charge in [0.15, 0.2) is 0 Å². The number of fused-ring (bicyclic) bond motifs is 1. The van der Waals surface area contributed by atoms with E-state index >= 15 is 0 Å². The number of carbonyl (C=O) groups excluding carboxylic acids is 1. The Kier molecular flexibility index (Phi) is 5.52. The highest BCUT2D eigenvalue weighted by molar-refractivity contribution is 7.18. The SMILES string of the molecule is Cc1c(CN2CCNC2=O)sc2c1c(=O)n(CC(C)(C)C)c(=O)n2CC1CCCO1. The zero-order valence-electron chi connectivity index (χ0n) is 18.1. The second-order valence-electron chi connectivity index (χ2n) is 9.46. The van der Waals surface area contributed by atoms with Gasteiger partial charge in [0.2, 0.25) is 0 Å². The summed E-state index contributed by atoms with van der Waals surface area (Å²) in [6.07, 6.45) is 1.89. The molecule has 2 aliphatic heterocycles. The fourth-order valence-electron chi connectivity index (χ4n) is 4.19. The monoisotopic (exact) mass is 434 g/mol. The minimum Gasteiger partial charge on any atom is -0.376 e. The topological polar surface area (TPSA) is 85.6 Å². The minimum atomic E-state index is -0.273. The number of hydrogen-bond donors (Lipinski definition) is 1. The molecule has 0 bridgehead atoms. The molecule has 2 fully saturated rings. The largest absolute Gasteiger partial charge is 0.376 e. The van der Waals surface area contributed by atoms with Crippen LogP contribution in [0.1, 0.15) is 44.1 Å². The van der Waals surface area contributed by atoms with E-state index < -0.39 is 0 Å². The molecule has 0 spiro atoms. The summed E-state index contributed by atoms with van der Waals surface area (Å²) < 4.78 is 8.89. The van der Waals surface area contributed by atoms with E-state index in [1.165, 1.54) is 15.9 Å². The summed E-state index contributed by atoms with van der Waals surface area (Å²) in [5, 5.41) is 3.41. The van der Waals surface area contributed by atoms with Crippen molar-refractivity contribution in [2.45, 2.75) is 66.3 Å². The Bertz CT molecular complexity index is 1090. The van der Waals surface area contributed by atoms with Crippen molar-refractivity contribution in [2.75, 3.05) is 19.7 Å². The number of nitrogens with one attached hydrogen (secondary N) is 1. The van der Waals surface area contributed by atoms with E-state index in [9.17, 15) is 14.4 Å². The maximum Gasteiger partial charge on any atom is 0.332 e. The molecule has 4 rings (SSSR count). The highest BCUT2D eigenvalue weighted by Gasteiger charge is 2.27. The molecule has 0 aromatic carbocycles. The maximum atomic E-state index is 13.4. The van der Waals surface area contributed by atoms with Crippen LogP contribution in [0.15, 0.2) is 9.59 Å². The molecule has 9 heteroatoms. The van der Waals surface area contributed by atoms with E-state index in [4.69, 9.17) is 4.74 Å². The fourth-order valence-corrected chi connectivity index (χ4v) is 5.51. The number of urea groups is 1. The molecular weight excluding hydrogens is 404 g/mol. The molecule has 2 aromatic heterocycles. The molecule has 2 saturated heterocycles. The zero-order chi connectivity index (χ0) is 21.6. The first kappa shape index (κ1) is 21.1. The number of hydrogen-bond acceptors (Lipinski definition) is 5. The predicted molar refractivity (Wildman–Crippen MR) is 117 cm³/mol. The van der Waals surface area contributed by atoms with Crippen molar-refractivity contribution in [2.24, 2.45) is 5.41 Å². The van der Waals surface area contributed by atoms with Crippen molar-refractivity contribution < 1.29 is 9.53 Å². The Labute approximate surface area is 179 Å². The molecule has 8 nitrogen and oxygen atoms in total. The Morgan fingerprint density at radius 2 is 1.97 bits per heavy atom. The number of nitrogens with zero attached hydrogens (tertiary/aromatic N) is 3. The Morgan fingerprint density at radius 1 is 1.20 bits per heavy atom. The molecule has 2 amide bonds. The van der Waals surface area contributed by atoms with Gasteiger partial charge < -0.3 is 15.0 Å². The number of rotatable bonds is 5. The molecule has 1 atom stereocenters. The average molecular weight is 435 g/mol. The molecule has 2 aliphatic rings. The van der Waals surface area contributed by atoms with Crippen LogP contribution in [0.3, 0.4) is 0 Å². The normalized spacial score (nSPS) is 19.8. The van der Waals surface area contributed by atoms with Crippen molar-refractivity contribution in [3.8, 4) is 0 Å². The molecule has 1 N–H and O–H groups in total. The van der Waals surface area contributed by atoms with Gasteiger partial charge in [-0.1, -0.05) is 20.8 Å². The summed E-state index contributed by atoms with van der Waals surface area (Å²) in [5.74, 6) is 0. The van der Waals surface area contributed by atoms with Crippen LogP contribution >= 0.6 is 11.3 Å². The minimum absolute atomic E-state index is 0.0123. The van der Waals surface area contributed by atoms with Crippen molar-refractivity contribution in [3.05, 3.63) is 31.3 Å². The van der Waals surface area contributed by atoms with Gasteiger partial charge in [0, 0.05) is 31.1 Å². The summed E-state index contributed by atoms with van der Waals surface area (Å²) in [7, 11) is 0. The molecule has 30 heavy (non-hydrogen) atoms. The maximum absolute atomic E-state index is 13.4. The zero-order valence-corrected chi connectivity index (χ0v) is 18.9. The van der Waals surface area contributed by atoms with Crippen LogP contribution in [0.25, 0.3) is 10.2 Å². The number of aromatic nitrogens is 2. The number of amides is 2. The van der Waals surface area contributed by atoms with E-state index in [-0.39, 0.29) is 28.8 Å². The van der Waals surface area contributed by atoms with Gasteiger partial charge >= 0.3 is 11.7 Å². The van der Waals surface area contributed by atoms with Gasteiger partial charge in [-0.2, -0.15) is 0 Å². The van der Waals surface area contributed by atoms with Gasteiger partial charge in [-0.15, -0.1) is 11.3 Å². The van der Waals surface area contributed by atoms with Crippen molar-refractivity contribution in [1.29, 1.82) is 0 Å². The predicted octanol–water partition coefficient (Wildman–Crippen LogP) is 2.28. The molecule has 164 valence electrons. The molecule has 2 aromatic rings. The van der Waals surface area contributed by atoms with Crippen molar-refractivity contribution in [1.82, 2.24) is 19.4 Å². The number of thiophene rings is 1. The molecule has 0 aliphatic carbocycles. The molecule has 1 unspecified atom stereocenters. The highest BCUT2D eigenvalue weighted by atomic mass is 32.1. The van der Waals surface area contributed by atoms with E-state index in [1.807, 2.05) is 27.7 Å². The lowest BCUT2D eigenvalue weighted by molar-refractivity contribution is 0.0964. The first-order chi connectivity index (χ1) is 14.2. The number of carbonyl (C=O) groups is 1. The third-order valence-electron chi connectivity index (χ3n) is 5.72. The molecule has 0 radical (unpaired) electrons.